The summed E-state index contributed by atoms with van der Waals surface area (Å²) in [6.45, 7) is 6.89. The van der Waals surface area contributed by atoms with Gasteiger partial charge in [-0.25, -0.2) is 0 Å². The second-order valence-corrected chi connectivity index (χ2v) is 17.6. The van der Waals surface area contributed by atoms with Crippen molar-refractivity contribution in [1.29, 1.82) is 0 Å². The van der Waals surface area contributed by atoms with E-state index in [2.05, 4.69) is 20.8 Å². The maximum atomic E-state index is 12.9. The Morgan fingerprint density at radius 1 is 0.269 bits per heavy atom. The van der Waals surface area contributed by atoms with Gasteiger partial charge >= 0.3 is 5.97 Å². The predicted molar refractivity (Wildman–Crippen MR) is 235 cm³/mol. The smallest absolute Gasteiger partial charge is 0.309 e. The summed E-state index contributed by atoms with van der Waals surface area (Å²) in [5, 5.41) is 10.6. The molecule has 0 aliphatic carbocycles. The molecule has 0 saturated carbocycles. The first-order chi connectivity index (χ1) is 25.6. The van der Waals surface area contributed by atoms with Crippen LogP contribution < -0.4 is 0 Å². The lowest BCUT2D eigenvalue weighted by atomic mass is 9.74. The molecule has 0 aliphatic heterocycles. The van der Waals surface area contributed by atoms with Gasteiger partial charge in [-0.2, -0.15) is 0 Å². The van der Waals surface area contributed by atoms with Crippen LogP contribution in [0.1, 0.15) is 310 Å². The number of hydrogen-bond donors (Lipinski definition) is 1. The van der Waals surface area contributed by atoms with Crippen molar-refractivity contribution in [2.45, 2.75) is 310 Å². The molecule has 0 saturated heterocycles. The molecule has 0 atom stereocenters. The van der Waals surface area contributed by atoms with Crippen LogP contribution >= 0.6 is 0 Å². The molecule has 0 amide bonds. The molecule has 0 aliphatic rings. The Kier molecular flexibility index (Phi) is 42.8. The van der Waals surface area contributed by atoms with Crippen molar-refractivity contribution in [2.24, 2.45) is 5.41 Å². The van der Waals surface area contributed by atoms with Crippen molar-refractivity contribution in [2.75, 3.05) is 0 Å². The Balaban J connectivity index is 4.34. The van der Waals surface area contributed by atoms with Crippen LogP contribution in [-0.4, -0.2) is 11.1 Å². The summed E-state index contributed by atoms with van der Waals surface area (Å²) >= 11 is 0. The van der Waals surface area contributed by atoms with E-state index in [1.54, 1.807) is 0 Å². The molecule has 0 spiro atoms. The Morgan fingerprint density at radius 2 is 0.404 bits per heavy atom. The fourth-order valence-electron chi connectivity index (χ4n) is 8.67. The average Bonchev–Trinajstić information content (AvgIpc) is 3.14. The summed E-state index contributed by atoms with van der Waals surface area (Å²) in [5.41, 5.74) is -0.467. The summed E-state index contributed by atoms with van der Waals surface area (Å²) in [6, 6.07) is 0. The zero-order valence-electron chi connectivity index (χ0n) is 36.7. The van der Waals surface area contributed by atoms with Gasteiger partial charge in [0.2, 0.25) is 0 Å². The first-order valence-corrected chi connectivity index (χ1v) is 24.9. The lowest BCUT2D eigenvalue weighted by Crippen LogP contribution is -2.31. The second-order valence-electron chi connectivity index (χ2n) is 17.6. The number of unbranched alkanes of at least 4 members (excludes halogenated alkanes) is 39. The van der Waals surface area contributed by atoms with Gasteiger partial charge in [0.1, 0.15) is 0 Å². The first kappa shape index (κ1) is 51.5. The molecule has 0 bridgehead atoms. The molecule has 0 unspecified atom stereocenters. The van der Waals surface area contributed by atoms with E-state index >= 15 is 0 Å². The largest absolute Gasteiger partial charge is 0.481 e. The zero-order chi connectivity index (χ0) is 37.9. The molecule has 2 nitrogen and oxygen atoms in total. The van der Waals surface area contributed by atoms with E-state index in [4.69, 9.17) is 0 Å². The van der Waals surface area contributed by atoms with E-state index in [0.717, 1.165) is 38.5 Å². The number of carboxylic acid groups (broad SMARTS) is 1. The normalized spacial score (nSPS) is 11.9. The summed E-state index contributed by atoms with van der Waals surface area (Å²) in [4.78, 5) is 12.9. The standard InChI is InChI=1S/C50H100O2/c1-4-7-10-13-16-19-22-25-28-31-34-37-40-43-46-50(49(51)52,47-44-41-38-35-32-29-26-23-20-17-14-11-8-5-2)48-45-42-39-36-33-30-27-24-21-18-15-12-9-6-3/h4-48H2,1-3H3,(H,51,52). The van der Waals surface area contributed by atoms with Gasteiger partial charge in [-0.3, -0.25) is 4.79 Å². The summed E-state index contributed by atoms with van der Waals surface area (Å²) in [6.07, 6.45) is 59.9. The fourth-order valence-corrected chi connectivity index (χ4v) is 8.67. The van der Waals surface area contributed by atoms with Gasteiger partial charge in [0.05, 0.1) is 5.41 Å². The van der Waals surface area contributed by atoms with Crippen LogP contribution in [0.2, 0.25) is 0 Å². The van der Waals surface area contributed by atoms with Gasteiger partial charge in [-0.1, -0.05) is 290 Å². The highest BCUT2D eigenvalue weighted by atomic mass is 16.4. The molecule has 0 aromatic carbocycles. The minimum absolute atomic E-state index is 0.467. The molecule has 52 heavy (non-hydrogen) atoms. The van der Waals surface area contributed by atoms with Crippen LogP contribution in [0.3, 0.4) is 0 Å². The molecular weight excluding hydrogens is 633 g/mol. The molecule has 2 heteroatoms. The molecule has 0 aromatic rings. The topological polar surface area (TPSA) is 37.3 Å². The minimum atomic E-state index is -0.480. The SMILES string of the molecule is CCCCCCCCCCCCCCCCC(CCCCCCCCCCCCCCCC)(CCCCCCCCCCCCCCCC)C(=O)O. The van der Waals surface area contributed by atoms with Crippen molar-refractivity contribution in [3.05, 3.63) is 0 Å². The molecule has 312 valence electrons. The third-order valence-corrected chi connectivity index (χ3v) is 12.5. The summed E-state index contributed by atoms with van der Waals surface area (Å²) in [5.74, 6) is -0.480. The van der Waals surface area contributed by atoms with E-state index < -0.39 is 11.4 Å². The Bertz CT molecular complexity index is 592. The summed E-state index contributed by atoms with van der Waals surface area (Å²) < 4.78 is 0. The van der Waals surface area contributed by atoms with Crippen molar-refractivity contribution >= 4 is 5.97 Å². The van der Waals surface area contributed by atoms with Crippen LogP contribution in [-0.2, 0) is 4.79 Å². The highest BCUT2D eigenvalue weighted by Crippen LogP contribution is 2.38. The van der Waals surface area contributed by atoms with E-state index in [0.29, 0.717) is 0 Å². The van der Waals surface area contributed by atoms with Gasteiger partial charge in [-0.15, -0.1) is 0 Å². The van der Waals surface area contributed by atoms with Crippen LogP contribution in [0, 0.1) is 5.41 Å². The van der Waals surface area contributed by atoms with E-state index in [1.165, 1.54) is 250 Å². The van der Waals surface area contributed by atoms with Crippen LogP contribution in [0.4, 0.5) is 0 Å². The lowest BCUT2D eigenvalue weighted by molar-refractivity contribution is -0.150. The van der Waals surface area contributed by atoms with Crippen molar-refractivity contribution < 1.29 is 9.90 Å². The highest BCUT2D eigenvalue weighted by Gasteiger charge is 2.36. The summed E-state index contributed by atoms with van der Waals surface area (Å²) in [7, 11) is 0. The van der Waals surface area contributed by atoms with E-state index in [-0.39, 0.29) is 0 Å². The Morgan fingerprint density at radius 3 is 0.538 bits per heavy atom. The van der Waals surface area contributed by atoms with Crippen LogP contribution in [0.5, 0.6) is 0 Å². The molecule has 0 rings (SSSR count). The minimum Gasteiger partial charge on any atom is -0.481 e. The monoisotopic (exact) mass is 733 g/mol. The van der Waals surface area contributed by atoms with Gasteiger partial charge in [0, 0.05) is 0 Å². The van der Waals surface area contributed by atoms with Crippen LogP contribution in [0.15, 0.2) is 0 Å². The maximum absolute atomic E-state index is 12.9. The Hall–Kier alpha value is -0.530. The number of aliphatic carboxylic acids is 1. The van der Waals surface area contributed by atoms with Crippen molar-refractivity contribution in [3.8, 4) is 0 Å². The molecule has 0 radical (unpaired) electrons. The fraction of sp³-hybridized carbons (Fsp3) is 0.980. The van der Waals surface area contributed by atoms with Gasteiger partial charge in [0.15, 0.2) is 0 Å². The van der Waals surface area contributed by atoms with Crippen molar-refractivity contribution in [1.82, 2.24) is 0 Å². The number of rotatable bonds is 46. The zero-order valence-corrected chi connectivity index (χ0v) is 36.7. The van der Waals surface area contributed by atoms with Gasteiger partial charge in [-0.05, 0) is 19.3 Å². The van der Waals surface area contributed by atoms with Gasteiger partial charge < -0.3 is 5.11 Å². The molecule has 0 aromatic heterocycles. The second kappa shape index (κ2) is 43.2. The molecule has 0 heterocycles. The number of hydrogen-bond acceptors (Lipinski definition) is 1. The first-order valence-electron chi connectivity index (χ1n) is 24.9. The van der Waals surface area contributed by atoms with Crippen LogP contribution in [0.25, 0.3) is 0 Å². The molecular formula is C50H100O2. The highest BCUT2D eigenvalue weighted by molar-refractivity contribution is 5.74. The van der Waals surface area contributed by atoms with E-state index in [9.17, 15) is 9.90 Å². The maximum Gasteiger partial charge on any atom is 0.309 e. The Labute approximate surface area is 330 Å². The third-order valence-electron chi connectivity index (χ3n) is 12.5. The average molecular weight is 733 g/mol. The lowest BCUT2D eigenvalue weighted by Gasteiger charge is -2.30. The van der Waals surface area contributed by atoms with Crippen molar-refractivity contribution in [3.63, 3.8) is 0 Å². The number of carbonyl (C=O) groups is 1. The molecule has 1 N–H and O–H groups in total. The third kappa shape index (κ3) is 36.4. The predicted octanol–water partition coefficient (Wildman–Crippen LogP) is 18.7. The quantitative estimate of drug-likeness (QED) is 0.0633. The molecule has 0 fully saturated rings. The van der Waals surface area contributed by atoms with E-state index in [1.807, 2.05) is 0 Å². The van der Waals surface area contributed by atoms with Gasteiger partial charge in [0.25, 0.3) is 0 Å². The number of carboxylic acids is 1.